The second kappa shape index (κ2) is 4.65. The molecule has 0 fully saturated rings. The first-order valence-electron chi connectivity index (χ1n) is 5.09. The molecule has 88 valence electrons. The fraction of sp³-hybridized carbons (Fsp3) is 0.182. The van der Waals surface area contributed by atoms with E-state index in [9.17, 15) is 4.79 Å². The number of amides is 1. The number of nitrogens with zero attached hydrogens (tertiary/aromatic N) is 2. The van der Waals surface area contributed by atoms with E-state index in [2.05, 4.69) is 20.3 Å². The third-order valence-electron chi connectivity index (χ3n) is 2.33. The van der Waals surface area contributed by atoms with Crippen molar-refractivity contribution in [3.05, 3.63) is 35.5 Å². The monoisotopic (exact) mass is 232 g/mol. The highest BCUT2D eigenvalue weighted by molar-refractivity contribution is 5.93. The first-order chi connectivity index (χ1) is 8.16. The van der Waals surface area contributed by atoms with E-state index in [1.54, 1.807) is 0 Å². The van der Waals surface area contributed by atoms with Gasteiger partial charge in [0.05, 0.1) is 6.42 Å². The summed E-state index contributed by atoms with van der Waals surface area (Å²) >= 11 is 0. The Bertz CT molecular complexity index is 536. The number of aromatic nitrogens is 2. The van der Waals surface area contributed by atoms with Crippen molar-refractivity contribution in [2.75, 3.05) is 11.1 Å². The van der Waals surface area contributed by atoms with Crippen molar-refractivity contribution in [2.45, 2.75) is 13.3 Å². The van der Waals surface area contributed by atoms with Gasteiger partial charge in [-0.1, -0.05) is 23.4 Å². The van der Waals surface area contributed by atoms with Crippen LogP contribution < -0.4 is 11.1 Å². The standard InChI is InChI=1S/C11H12N4O2/c1-7-4-2-3-5-8(7)13-10(16)6-9-11(12)15-17-14-9/h2-5H,6H2,1H3,(H2,12,15)(H,13,16). The zero-order valence-electron chi connectivity index (χ0n) is 9.30. The normalized spacial score (nSPS) is 10.2. The minimum absolute atomic E-state index is 0.0453. The lowest BCUT2D eigenvalue weighted by Gasteiger charge is -2.06. The molecule has 0 aliphatic heterocycles. The smallest absolute Gasteiger partial charge is 0.230 e. The van der Waals surface area contributed by atoms with Gasteiger partial charge in [-0.15, -0.1) is 0 Å². The topological polar surface area (TPSA) is 94.0 Å². The van der Waals surface area contributed by atoms with Crippen molar-refractivity contribution in [1.29, 1.82) is 0 Å². The molecule has 0 radical (unpaired) electrons. The molecule has 0 aliphatic rings. The Balaban J connectivity index is 2.03. The van der Waals surface area contributed by atoms with Gasteiger partial charge in [-0.25, -0.2) is 4.63 Å². The van der Waals surface area contributed by atoms with E-state index in [0.29, 0.717) is 5.69 Å². The van der Waals surface area contributed by atoms with Crippen molar-refractivity contribution >= 4 is 17.4 Å². The van der Waals surface area contributed by atoms with Crippen LogP contribution in [0.3, 0.4) is 0 Å². The Hall–Kier alpha value is -2.37. The summed E-state index contributed by atoms with van der Waals surface area (Å²) in [5.74, 6) is -0.0633. The van der Waals surface area contributed by atoms with Crippen LogP contribution in [0.4, 0.5) is 11.5 Å². The van der Waals surface area contributed by atoms with E-state index < -0.39 is 0 Å². The lowest BCUT2D eigenvalue weighted by Crippen LogP contribution is -2.16. The van der Waals surface area contributed by atoms with Crippen LogP contribution in [-0.4, -0.2) is 16.2 Å². The van der Waals surface area contributed by atoms with Gasteiger partial charge >= 0.3 is 0 Å². The molecule has 1 aromatic heterocycles. The van der Waals surface area contributed by atoms with Crippen molar-refractivity contribution < 1.29 is 9.42 Å². The van der Waals surface area contributed by atoms with Crippen LogP contribution >= 0.6 is 0 Å². The summed E-state index contributed by atoms with van der Waals surface area (Å²) in [7, 11) is 0. The number of hydrogen-bond donors (Lipinski definition) is 2. The minimum Gasteiger partial charge on any atom is -0.379 e. The average molecular weight is 232 g/mol. The number of para-hydroxylation sites is 1. The maximum atomic E-state index is 11.7. The SMILES string of the molecule is Cc1ccccc1NC(=O)Cc1nonc1N. The van der Waals surface area contributed by atoms with Crippen molar-refractivity contribution in [2.24, 2.45) is 0 Å². The Kier molecular flexibility index (Phi) is 3.04. The van der Waals surface area contributed by atoms with Crippen LogP contribution in [-0.2, 0) is 11.2 Å². The fourth-order valence-corrected chi connectivity index (χ4v) is 1.40. The molecular weight excluding hydrogens is 220 g/mol. The quantitative estimate of drug-likeness (QED) is 0.827. The number of carbonyl (C=O) groups excluding carboxylic acids is 1. The molecule has 1 aromatic carbocycles. The third-order valence-corrected chi connectivity index (χ3v) is 2.33. The second-order valence-electron chi connectivity index (χ2n) is 3.64. The Morgan fingerprint density at radius 1 is 1.41 bits per heavy atom. The highest BCUT2D eigenvalue weighted by Gasteiger charge is 2.12. The number of nitrogen functional groups attached to an aromatic ring is 1. The molecule has 0 spiro atoms. The number of hydrogen-bond acceptors (Lipinski definition) is 5. The highest BCUT2D eigenvalue weighted by atomic mass is 16.6. The zero-order chi connectivity index (χ0) is 12.3. The summed E-state index contributed by atoms with van der Waals surface area (Å²) in [4.78, 5) is 11.7. The molecule has 6 heteroatoms. The molecule has 0 saturated heterocycles. The summed E-state index contributed by atoms with van der Waals surface area (Å²) in [6.45, 7) is 1.92. The molecule has 1 heterocycles. The van der Waals surface area contributed by atoms with Gasteiger partial charge in [-0.3, -0.25) is 4.79 Å². The van der Waals surface area contributed by atoms with Crippen LogP contribution in [0.2, 0.25) is 0 Å². The number of aryl methyl sites for hydroxylation is 1. The van der Waals surface area contributed by atoms with Crippen molar-refractivity contribution in [1.82, 2.24) is 10.3 Å². The molecule has 1 amide bonds. The summed E-state index contributed by atoms with van der Waals surface area (Å²) in [6, 6.07) is 7.51. The third kappa shape index (κ3) is 2.60. The van der Waals surface area contributed by atoms with E-state index in [1.165, 1.54) is 0 Å². The van der Waals surface area contributed by atoms with Crippen molar-refractivity contribution in [3.8, 4) is 0 Å². The van der Waals surface area contributed by atoms with E-state index in [0.717, 1.165) is 11.3 Å². The number of nitrogens with two attached hydrogens (primary N) is 1. The second-order valence-corrected chi connectivity index (χ2v) is 3.64. The number of carbonyl (C=O) groups is 1. The molecule has 3 N–H and O–H groups in total. The maximum Gasteiger partial charge on any atom is 0.230 e. The molecule has 0 aliphatic carbocycles. The van der Waals surface area contributed by atoms with Gasteiger partial charge in [0.1, 0.15) is 5.69 Å². The van der Waals surface area contributed by atoms with Gasteiger partial charge < -0.3 is 11.1 Å². The molecule has 0 bridgehead atoms. The zero-order valence-corrected chi connectivity index (χ0v) is 9.30. The average Bonchev–Trinajstić information content (AvgIpc) is 2.68. The van der Waals surface area contributed by atoms with Crippen LogP contribution in [0.25, 0.3) is 0 Å². The highest BCUT2D eigenvalue weighted by Crippen LogP contribution is 2.14. The molecule has 2 aromatic rings. The number of anilines is 2. The molecule has 0 atom stereocenters. The summed E-state index contributed by atoms with van der Waals surface area (Å²) in [6.07, 6.45) is 0.0453. The maximum absolute atomic E-state index is 11.7. The summed E-state index contributed by atoms with van der Waals surface area (Å²) < 4.78 is 4.42. The van der Waals surface area contributed by atoms with Crippen LogP contribution in [0.1, 0.15) is 11.3 Å². The fourth-order valence-electron chi connectivity index (χ4n) is 1.40. The Morgan fingerprint density at radius 2 is 2.18 bits per heavy atom. The van der Waals surface area contributed by atoms with E-state index >= 15 is 0 Å². The summed E-state index contributed by atoms with van der Waals surface area (Å²) in [5.41, 5.74) is 7.57. The Morgan fingerprint density at radius 3 is 2.82 bits per heavy atom. The lowest BCUT2D eigenvalue weighted by atomic mass is 10.2. The van der Waals surface area contributed by atoms with Gasteiger partial charge in [0, 0.05) is 5.69 Å². The van der Waals surface area contributed by atoms with E-state index in [4.69, 9.17) is 5.73 Å². The number of nitrogens with one attached hydrogen (secondary N) is 1. The number of rotatable bonds is 3. The molecule has 0 unspecified atom stereocenters. The molecule has 2 rings (SSSR count). The van der Waals surface area contributed by atoms with Crippen LogP contribution in [0, 0.1) is 6.92 Å². The van der Waals surface area contributed by atoms with Gasteiger partial charge in [-0.2, -0.15) is 0 Å². The van der Waals surface area contributed by atoms with Crippen LogP contribution in [0.15, 0.2) is 28.9 Å². The van der Waals surface area contributed by atoms with Gasteiger partial charge in [0.25, 0.3) is 0 Å². The van der Waals surface area contributed by atoms with E-state index in [1.807, 2.05) is 31.2 Å². The largest absolute Gasteiger partial charge is 0.379 e. The molecule has 6 nitrogen and oxygen atoms in total. The predicted molar refractivity (Wildman–Crippen MR) is 62.2 cm³/mol. The van der Waals surface area contributed by atoms with Crippen molar-refractivity contribution in [3.63, 3.8) is 0 Å². The Labute approximate surface area is 97.8 Å². The van der Waals surface area contributed by atoms with Gasteiger partial charge in [0.2, 0.25) is 5.91 Å². The molecular formula is C11H12N4O2. The predicted octanol–water partition coefficient (Wildman–Crippen LogP) is 1.14. The van der Waals surface area contributed by atoms with Crippen LogP contribution in [0.5, 0.6) is 0 Å². The first-order valence-corrected chi connectivity index (χ1v) is 5.09. The minimum atomic E-state index is -0.207. The van der Waals surface area contributed by atoms with Gasteiger partial charge in [-0.05, 0) is 23.7 Å². The molecule has 0 saturated carbocycles. The van der Waals surface area contributed by atoms with E-state index in [-0.39, 0.29) is 18.1 Å². The molecule has 17 heavy (non-hydrogen) atoms. The first kappa shape index (κ1) is 11.1. The lowest BCUT2D eigenvalue weighted by molar-refractivity contribution is -0.115. The summed E-state index contributed by atoms with van der Waals surface area (Å²) in [5, 5.41) is 9.73. The number of benzene rings is 1. The van der Waals surface area contributed by atoms with Gasteiger partial charge in [0.15, 0.2) is 5.82 Å².